The van der Waals surface area contributed by atoms with Crippen molar-refractivity contribution < 1.29 is 14.0 Å². The normalized spacial score (nSPS) is 33.4. The minimum atomic E-state index is -0.0852. The quantitative estimate of drug-likeness (QED) is 0.850. The Balaban J connectivity index is 1.85. The summed E-state index contributed by atoms with van der Waals surface area (Å²) in [4.78, 5) is 0. The molecule has 1 spiro atoms. The van der Waals surface area contributed by atoms with E-state index in [1.807, 2.05) is 6.07 Å². The minimum Gasteiger partial charge on any atom is -0.497 e. The van der Waals surface area contributed by atoms with Gasteiger partial charge < -0.3 is 19.3 Å². The van der Waals surface area contributed by atoms with Gasteiger partial charge in [-0.3, -0.25) is 0 Å². The SMILES string of the molecule is COC1=CC=C2[C@H]3Cc4ccc(OP)c5c4[C@@]2(CCN3)[C@H]1O5. The molecule has 1 fully saturated rings. The van der Waals surface area contributed by atoms with Crippen LogP contribution in [0, 0.1) is 0 Å². The topological polar surface area (TPSA) is 39.7 Å². The van der Waals surface area contributed by atoms with Gasteiger partial charge in [0.1, 0.15) is 5.76 Å². The fourth-order valence-electron chi connectivity index (χ4n) is 4.79. The predicted molar refractivity (Wildman–Crippen MR) is 86.2 cm³/mol. The summed E-state index contributed by atoms with van der Waals surface area (Å²) in [5, 5.41) is 3.66. The van der Waals surface area contributed by atoms with Crippen LogP contribution in [-0.2, 0) is 16.6 Å². The molecular formula is C17H18NO3P. The first kappa shape index (κ1) is 13.0. The molecule has 1 N–H and O–H groups in total. The maximum Gasteiger partial charge on any atom is 0.169 e. The van der Waals surface area contributed by atoms with Crippen molar-refractivity contribution in [2.45, 2.75) is 30.4 Å². The third-order valence-electron chi connectivity index (χ3n) is 5.61. The molecule has 0 aromatic heterocycles. The van der Waals surface area contributed by atoms with Crippen molar-refractivity contribution in [1.29, 1.82) is 0 Å². The molecule has 4 atom stereocenters. The molecule has 22 heavy (non-hydrogen) atoms. The van der Waals surface area contributed by atoms with E-state index in [2.05, 4.69) is 33.0 Å². The van der Waals surface area contributed by atoms with Crippen LogP contribution < -0.4 is 14.6 Å². The maximum atomic E-state index is 6.40. The van der Waals surface area contributed by atoms with Gasteiger partial charge in [0.05, 0.1) is 22.0 Å². The Labute approximate surface area is 131 Å². The highest BCUT2D eigenvalue weighted by molar-refractivity contribution is 7.10. The Hall–Kier alpha value is -1.51. The molecule has 0 saturated carbocycles. The van der Waals surface area contributed by atoms with E-state index in [0.717, 1.165) is 36.6 Å². The van der Waals surface area contributed by atoms with Crippen LogP contribution in [0.25, 0.3) is 0 Å². The van der Waals surface area contributed by atoms with Crippen molar-refractivity contribution in [3.63, 3.8) is 0 Å². The summed E-state index contributed by atoms with van der Waals surface area (Å²) >= 11 is 0. The molecule has 4 nitrogen and oxygen atoms in total. The van der Waals surface area contributed by atoms with Crippen LogP contribution >= 0.6 is 9.47 Å². The first-order valence-corrected chi connectivity index (χ1v) is 8.16. The standard InChI is InChI=1S/C17H18NO3P/c1-19-13-5-3-10-11-8-9-2-4-12(21-22)15-14(9)17(10,6-7-18-11)16(13)20-15/h2-5,11,16,18H,6-8,22H2,1H3/t11-,16+,17+/m1/s1. The van der Waals surface area contributed by atoms with Gasteiger partial charge in [0.15, 0.2) is 17.6 Å². The van der Waals surface area contributed by atoms with Crippen molar-refractivity contribution in [1.82, 2.24) is 5.32 Å². The second-order valence-corrected chi connectivity index (χ2v) is 6.61. The summed E-state index contributed by atoms with van der Waals surface area (Å²) in [7, 11) is 4.06. The number of benzene rings is 1. The van der Waals surface area contributed by atoms with Gasteiger partial charge in [0.25, 0.3) is 0 Å². The fourth-order valence-corrected chi connectivity index (χ4v) is 4.97. The number of allylic oxidation sites excluding steroid dienone is 2. The zero-order chi connectivity index (χ0) is 14.9. The third kappa shape index (κ3) is 1.32. The van der Waals surface area contributed by atoms with E-state index in [-0.39, 0.29) is 11.5 Å². The van der Waals surface area contributed by atoms with Crippen LogP contribution in [0.4, 0.5) is 0 Å². The lowest BCUT2D eigenvalue weighted by molar-refractivity contribution is 0.100. The van der Waals surface area contributed by atoms with E-state index in [0.29, 0.717) is 6.04 Å². The van der Waals surface area contributed by atoms with E-state index in [1.54, 1.807) is 7.11 Å². The summed E-state index contributed by atoms with van der Waals surface area (Å²) in [6, 6.07) is 4.60. The molecular weight excluding hydrogens is 297 g/mol. The van der Waals surface area contributed by atoms with E-state index < -0.39 is 0 Å². The zero-order valence-electron chi connectivity index (χ0n) is 12.4. The molecule has 2 aliphatic carbocycles. The number of rotatable bonds is 2. The molecule has 1 unspecified atom stereocenters. The predicted octanol–water partition coefficient (Wildman–Crippen LogP) is 2.24. The lowest BCUT2D eigenvalue weighted by Crippen LogP contribution is -2.58. The molecule has 0 radical (unpaired) electrons. The zero-order valence-corrected chi connectivity index (χ0v) is 13.5. The Morgan fingerprint density at radius 2 is 2.27 bits per heavy atom. The van der Waals surface area contributed by atoms with E-state index in [1.165, 1.54) is 16.7 Å². The lowest BCUT2D eigenvalue weighted by Gasteiger charge is -2.49. The van der Waals surface area contributed by atoms with Crippen molar-refractivity contribution in [3.8, 4) is 11.5 Å². The summed E-state index contributed by atoms with van der Waals surface area (Å²) in [5.74, 6) is 2.59. The first-order chi connectivity index (χ1) is 10.8. The minimum absolute atomic E-state index is 0.0718. The van der Waals surface area contributed by atoms with Gasteiger partial charge in [-0.1, -0.05) is 12.1 Å². The molecule has 1 saturated heterocycles. The number of nitrogens with one attached hydrogen (secondary N) is 1. The Bertz CT molecular complexity index is 742. The van der Waals surface area contributed by atoms with Gasteiger partial charge in [-0.25, -0.2) is 0 Å². The number of hydrogen-bond acceptors (Lipinski definition) is 4. The average Bonchev–Trinajstić information content (AvgIpc) is 2.88. The highest BCUT2D eigenvalue weighted by Gasteiger charge is 2.61. The second kappa shape index (κ2) is 4.27. The van der Waals surface area contributed by atoms with E-state index >= 15 is 0 Å². The molecule has 5 heteroatoms. The summed E-state index contributed by atoms with van der Waals surface area (Å²) < 4.78 is 17.5. The lowest BCUT2D eigenvalue weighted by atomic mass is 9.58. The van der Waals surface area contributed by atoms with Crippen molar-refractivity contribution in [2.24, 2.45) is 0 Å². The molecule has 1 aromatic carbocycles. The van der Waals surface area contributed by atoms with Crippen molar-refractivity contribution >= 4 is 9.47 Å². The molecule has 2 bridgehead atoms. The molecule has 5 rings (SSSR count). The molecule has 0 amide bonds. The number of methoxy groups -OCH3 is 1. The van der Waals surface area contributed by atoms with Crippen LogP contribution in [-0.4, -0.2) is 25.8 Å². The molecule has 114 valence electrons. The monoisotopic (exact) mass is 315 g/mol. The van der Waals surface area contributed by atoms with Crippen LogP contribution in [0.15, 0.2) is 35.6 Å². The van der Waals surface area contributed by atoms with Crippen molar-refractivity contribution in [2.75, 3.05) is 13.7 Å². The number of hydrogen-bond donors (Lipinski definition) is 1. The fraction of sp³-hybridized carbons (Fsp3) is 0.412. The molecule has 2 aliphatic heterocycles. The Morgan fingerprint density at radius 3 is 3.09 bits per heavy atom. The van der Waals surface area contributed by atoms with Crippen LogP contribution in [0.3, 0.4) is 0 Å². The number of piperidine rings is 1. The van der Waals surface area contributed by atoms with Gasteiger partial charge in [0, 0.05) is 11.6 Å². The Morgan fingerprint density at radius 1 is 1.36 bits per heavy atom. The Kier molecular flexibility index (Phi) is 2.52. The highest BCUT2D eigenvalue weighted by Crippen LogP contribution is 2.61. The maximum absolute atomic E-state index is 6.40. The van der Waals surface area contributed by atoms with E-state index in [4.69, 9.17) is 14.0 Å². The molecule has 4 aliphatic rings. The van der Waals surface area contributed by atoms with Gasteiger partial charge in [-0.2, -0.15) is 0 Å². The summed E-state index contributed by atoms with van der Waals surface area (Å²) in [6.45, 7) is 1.00. The largest absolute Gasteiger partial charge is 0.497 e. The highest BCUT2D eigenvalue weighted by atomic mass is 31.0. The van der Waals surface area contributed by atoms with Gasteiger partial charge in [0.2, 0.25) is 0 Å². The first-order valence-electron chi connectivity index (χ1n) is 7.69. The molecule has 1 aromatic rings. The average molecular weight is 315 g/mol. The van der Waals surface area contributed by atoms with Gasteiger partial charge in [-0.15, -0.1) is 0 Å². The van der Waals surface area contributed by atoms with Gasteiger partial charge >= 0.3 is 0 Å². The van der Waals surface area contributed by atoms with Crippen LogP contribution in [0.2, 0.25) is 0 Å². The summed E-state index contributed by atoms with van der Waals surface area (Å²) in [5.41, 5.74) is 4.05. The van der Waals surface area contributed by atoms with E-state index in [9.17, 15) is 0 Å². The number of ether oxygens (including phenoxy) is 2. The smallest absolute Gasteiger partial charge is 0.169 e. The third-order valence-corrected chi connectivity index (χ3v) is 5.86. The van der Waals surface area contributed by atoms with Crippen LogP contribution in [0.5, 0.6) is 11.5 Å². The van der Waals surface area contributed by atoms with Crippen LogP contribution in [0.1, 0.15) is 17.5 Å². The second-order valence-electron chi connectivity index (χ2n) is 6.37. The van der Waals surface area contributed by atoms with Gasteiger partial charge in [-0.05, 0) is 42.7 Å². The molecule has 2 heterocycles. The van der Waals surface area contributed by atoms with Crippen molar-refractivity contribution in [3.05, 3.63) is 46.7 Å². The summed E-state index contributed by atoms with van der Waals surface area (Å²) in [6.07, 6.45) is 6.27.